The number of nitrogens with one attached hydrogen (secondary N) is 2. The van der Waals surface area contributed by atoms with Crippen molar-refractivity contribution < 1.29 is 9.47 Å². The van der Waals surface area contributed by atoms with Gasteiger partial charge in [-0.2, -0.15) is 0 Å². The number of hydrogen-bond donors (Lipinski definition) is 2. The van der Waals surface area contributed by atoms with Crippen molar-refractivity contribution in [3.63, 3.8) is 0 Å². The molecule has 84 valence electrons. The van der Waals surface area contributed by atoms with Crippen LogP contribution in [0.15, 0.2) is 0 Å². The third-order valence-corrected chi connectivity index (χ3v) is 2.11. The number of hydrogen-bond acceptors (Lipinski definition) is 4. The SMILES string of the molecule is CC(C)NCCNCC1COCCO1. The molecule has 4 nitrogen and oxygen atoms in total. The fraction of sp³-hybridized carbons (Fsp3) is 1.00. The van der Waals surface area contributed by atoms with Crippen LogP contribution in [0.4, 0.5) is 0 Å². The van der Waals surface area contributed by atoms with Crippen molar-refractivity contribution in [1.29, 1.82) is 0 Å². The second kappa shape index (κ2) is 7.17. The summed E-state index contributed by atoms with van der Waals surface area (Å²) in [5.41, 5.74) is 0. The zero-order valence-corrected chi connectivity index (χ0v) is 9.21. The van der Waals surface area contributed by atoms with E-state index in [-0.39, 0.29) is 6.10 Å². The van der Waals surface area contributed by atoms with Crippen molar-refractivity contribution in [2.75, 3.05) is 39.5 Å². The molecule has 0 aliphatic carbocycles. The predicted octanol–water partition coefficient (Wildman–Crippen LogP) is -0.0106. The Kier molecular flexibility index (Phi) is 6.10. The standard InChI is InChI=1S/C10H22N2O2/c1-9(2)12-4-3-11-7-10-8-13-5-6-14-10/h9-12H,3-8H2,1-2H3. The molecule has 1 fully saturated rings. The van der Waals surface area contributed by atoms with Gasteiger partial charge in [-0.3, -0.25) is 0 Å². The molecule has 0 saturated carbocycles. The minimum atomic E-state index is 0.239. The molecular formula is C10H22N2O2. The van der Waals surface area contributed by atoms with Gasteiger partial charge in [-0.1, -0.05) is 13.8 Å². The Balaban J connectivity index is 1.87. The highest BCUT2D eigenvalue weighted by Crippen LogP contribution is 1.98. The molecule has 14 heavy (non-hydrogen) atoms. The summed E-state index contributed by atoms with van der Waals surface area (Å²) in [7, 11) is 0. The van der Waals surface area contributed by atoms with Gasteiger partial charge in [0.25, 0.3) is 0 Å². The summed E-state index contributed by atoms with van der Waals surface area (Å²) in [6, 6.07) is 0.561. The fourth-order valence-electron chi connectivity index (χ4n) is 1.37. The van der Waals surface area contributed by atoms with Gasteiger partial charge in [-0.25, -0.2) is 0 Å². The fourth-order valence-corrected chi connectivity index (χ4v) is 1.37. The van der Waals surface area contributed by atoms with Crippen LogP contribution in [0.1, 0.15) is 13.8 Å². The summed E-state index contributed by atoms with van der Waals surface area (Å²) in [6.07, 6.45) is 0.239. The van der Waals surface area contributed by atoms with Crippen LogP contribution < -0.4 is 10.6 Å². The molecule has 0 radical (unpaired) electrons. The number of ether oxygens (including phenoxy) is 2. The largest absolute Gasteiger partial charge is 0.376 e. The van der Waals surface area contributed by atoms with Crippen LogP contribution in [0.25, 0.3) is 0 Å². The molecular weight excluding hydrogens is 180 g/mol. The summed E-state index contributed by atoms with van der Waals surface area (Å²) in [6.45, 7) is 9.38. The maximum absolute atomic E-state index is 5.50. The van der Waals surface area contributed by atoms with Crippen LogP contribution in [-0.4, -0.2) is 51.6 Å². The van der Waals surface area contributed by atoms with E-state index in [2.05, 4.69) is 24.5 Å². The van der Waals surface area contributed by atoms with Crippen LogP contribution in [0.5, 0.6) is 0 Å². The smallest absolute Gasteiger partial charge is 0.0933 e. The second-order valence-electron chi connectivity index (χ2n) is 3.88. The van der Waals surface area contributed by atoms with Crippen molar-refractivity contribution in [3.05, 3.63) is 0 Å². The first-order valence-electron chi connectivity index (χ1n) is 5.42. The second-order valence-corrected chi connectivity index (χ2v) is 3.88. The van der Waals surface area contributed by atoms with Gasteiger partial charge in [0.05, 0.1) is 25.9 Å². The summed E-state index contributed by atoms with van der Waals surface area (Å²) < 4.78 is 10.8. The van der Waals surface area contributed by atoms with Gasteiger partial charge >= 0.3 is 0 Å². The third kappa shape index (κ3) is 5.54. The van der Waals surface area contributed by atoms with E-state index in [4.69, 9.17) is 9.47 Å². The molecule has 0 spiro atoms. The molecule has 1 saturated heterocycles. The van der Waals surface area contributed by atoms with E-state index in [1.54, 1.807) is 0 Å². The summed E-state index contributed by atoms with van der Waals surface area (Å²) in [5.74, 6) is 0. The molecule has 0 bridgehead atoms. The maximum Gasteiger partial charge on any atom is 0.0933 e. The van der Waals surface area contributed by atoms with Gasteiger partial charge < -0.3 is 20.1 Å². The van der Waals surface area contributed by atoms with Crippen molar-refractivity contribution in [3.8, 4) is 0 Å². The Morgan fingerprint density at radius 3 is 2.79 bits per heavy atom. The lowest BCUT2D eigenvalue weighted by Gasteiger charge is -2.23. The minimum Gasteiger partial charge on any atom is -0.376 e. The van der Waals surface area contributed by atoms with Gasteiger partial charge in [0.2, 0.25) is 0 Å². The number of rotatable bonds is 6. The average Bonchev–Trinajstić information content (AvgIpc) is 2.18. The Hall–Kier alpha value is -0.160. The summed E-state index contributed by atoms with van der Waals surface area (Å²) >= 11 is 0. The first-order chi connectivity index (χ1) is 6.79. The van der Waals surface area contributed by atoms with Gasteiger partial charge in [-0.15, -0.1) is 0 Å². The Bertz CT molecular complexity index is 136. The van der Waals surface area contributed by atoms with Gasteiger partial charge in [-0.05, 0) is 0 Å². The predicted molar refractivity (Wildman–Crippen MR) is 56.6 cm³/mol. The minimum absolute atomic E-state index is 0.239. The summed E-state index contributed by atoms with van der Waals surface area (Å²) in [5, 5.41) is 6.69. The lowest BCUT2D eigenvalue weighted by atomic mass is 10.3. The molecule has 0 aromatic rings. The molecule has 1 unspecified atom stereocenters. The Morgan fingerprint density at radius 1 is 1.29 bits per heavy atom. The Morgan fingerprint density at radius 2 is 2.14 bits per heavy atom. The molecule has 1 atom stereocenters. The van der Waals surface area contributed by atoms with Crippen molar-refractivity contribution in [2.45, 2.75) is 26.0 Å². The van der Waals surface area contributed by atoms with E-state index in [0.29, 0.717) is 6.04 Å². The highest BCUT2D eigenvalue weighted by Gasteiger charge is 2.12. The topological polar surface area (TPSA) is 42.5 Å². The quantitative estimate of drug-likeness (QED) is 0.595. The van der Waals surface area contributed by atoms with Crippen LogP contribution in [-0.2, 0) is 9.47 Å². The highest BCUT2D eigenvalue weighted by atomic mass is 16.6. The van der Waals surface area contributed by atoms with Crippen LogP contribution in [0.2, 0.25) is 0 Å². The van der Waals surface area contributed by atoms with Gasteiger partial charge in [0, 0.05) is 25.7 Å². The van der Waals surface area contributed by atoms with E-state index < -0.39 is 0 Å². The molecule has 2 N–H and O–H groups in total. The van der Waals surface area contributed by atoms with Crippen molar-refractivity contribution in [2.24, 2.45) is 0 Å². The van der Waals surface area contributed by atoms with E-state index in [1.807, 2.05) is 0 Å². The third-order valence-electron chi connectivity index (χ3n) is 2.11. The van der Waals surface area contributed by atoms with E-state index in [0.717, 1.165) is 39.5 Å². The first-order valence-corrected chi connectivity index (χ1v) is 5.42. The van der Waals surface area contributed by atoms with Crippen molar-refractivity contribution >= 4 is 0 Å². The zero-order chi connectivity index (χ0) is 10.2. The molecule has 0 aromatic heterocycles. The molecule has 1 heterocycles. The highest BCUT2D eigenvalue weighted by molar-refractivity contribution is 4.65. The lowest BCUT2D eigenvalue weighted by molar-refractivity contribution is -0.0862. The lowest BCUT2D eigenvalue weighted by Crippen LogP contribution is -2.40. The van der Waals surface area contributed by atoms with Gasteiger partial charge in [0.1, 0.15) is 0 Å². The molecule has 4 heteroatoms. The van der Waals surface area contributed by atoms with Crippen LogP contribution in [0.3, 0.4) is 0 Å². The van der Waals surface area contributed by atoms with Crippen molar-refractivity contribution in [1.82, 2.24) is 10.6 Å². The summed E-state index contributed by atoms with van der Waals surface area (Å²) in [4.78, 5) is 0. The van der Waals surface area contributed by atoms with E-state index >= 15 is 0 Å². The maximum atomic E-state index is 5.50. The Labute approximate surface area is 86.3 Å². The van der Waals surface area contributed by atoms with E-state index in [9.17, 15) is 0 Å². The normalized spacial score (nSPS) is 22.9. The zero-order valence-electron chi connectivity index (χ0n) is 9.21. The molecule has 0 amide bonds. The van der Waals surface area contributed by atoms with Crippen LogP contribution in [0, 0.1) is 0 Å². The molecule has 1 rings (SSSR count). The van der Waals surface area contributed by atoms with E-state index in [1.165, 1.54) is 0 Å². The molecule has 0 aromatic carbocycles. The van der Waals surface area contributed by atoms with Gasteiger partial charge in [0.15, 0.2) is 0 Å². The first kappa shape index (κ1) is 11.9. The molecule has 1 aliphatic rings. The molecule has 1 aliphatic heterocycles. The monoisotopic (exact) mass is 202 g/mol. The van der Waals surface area contributed by atoms with Crippen LogP contribution >= 0.6 is 0 Å². The average molecular weight is 202 g/mol.